The summed E-state index contributed by atoms with van der Waals surface area (Å²) in [5, 5.41) is 2.27. The highest BCUT2D eigenvalue weighted by Crippen LogP contribution is 2.22. The molecule has 0 aliphatic heterocycles. The Labute approximate surface area is 120 Å². The number of carbonyl (C=O) groups is 1. The Bertz CT molecular complexity index is 668. The number of anilines is 2. The van der Waals surface area contributed by atoms with E-state index in [-0.39, 0.29) is 11.3 Å². The van der Waals surface area contributed by atoms with Gasteiger partial charge in [0.05, 0.1) is 0 Å². The van der Waals surface area contributed by atoms with Gasteiger partial charge in [-0.25, -0.2) is 13.2 Å². The third-order valence-corrected chi connectivity index (χ3v) is 3.19. The highest BCUT2D eigenvalue weighted by atomic mass is 79.9. The van der Waals surface area contributed by atoms with Crippen molar-refractivity contribution in [1.29, 1.82) is 0 Å². The van der Waals surface area contributed by atoms with Crippen LogP contribution in [0.2, 0.25) is 0 Å². The molecule has 7 heteroatoms. The van der Waals surface area contributed by atoms with E-state index in [1.54, 1.807) is 0 Å². The molecule has 0 radical (unpaired) electrons. The van der Waals surface area contributed by atoms with Crippen LogP contribution in [0, 0.1) is 17.5 Å². The predicted octanol–water partition coefficient (Wildman–Crippen LogP) is 3.70. The molecule has 0 saturated heterocycles. The molecule has 20 heavy (non-hydrogen) atoms. The summed E-state index contributed by atoms with van der Waals surface area (Å²) < 4.78 is 39.3. The molecule has 2 aromatic carbocycles. The number of hydrogen-bond acceptors (Lipinski definition) is 2. The molecule has 0 aliphatic carbocycles. The number of benzene rings is 2. The van der Waals surface area contributed by atoms with E-state index in [1.807, 2.05) is 0 Å². The van der Waals surface area contributed by atoms with E-state index in [0.29, 0.717) is 22.3 Å². The van der Waals surface area contributed by atoms with Gasteiger partial charge in [0, 0.05) is 33.5 Å². The van der Waals surface area contributed by atoms with Crippen LogP contribution in [-0.4, -0.2) is 5.91 Å². The van der Waals surface area contributed by atoms with Crippen LogP contribution in [0.15, 0.2) is 34.8 Å². The van der Waals surface area contributed by atoms with Crippen LogP contribution in [0.5, 0.6) is 0 Å². The number of nitrogen functional groups attached to an aromatic ring is 1. The van der Waals surface area contributed by atoms with Crippen molar-refractivity contribution in [2.75, 3.05) is 11.1 Å². The van der Waals surface area contributed by atoms with Gasteiger partial charge in [0.2, 0.25) is 0 Å². The van der Waals surface area contributed by atoms with Crippen molar-refractivity contribution in [2.45, 2.75) is 0 Å². The van der Waals surface area contributed by atoms with Crippen molar-refractivity contribution in [1.82, 2.24) is 0 Å². The molecular weight excluding hydrogens is 337 g/mol. The third kappa shape index (κ3) is 2.93. The maximum absolute atomic E-state index is 13.0. The minimum atomic E-state index is -1.58. The summed E-state index contributed by atoms with van der Waals surface area (Å²) in [6.45, 7) is 0. The number of rotatable bonds is 2. The fourth-order valence-corrected chi connectivity index (χ4v) is 1.88. The van der Waals surface area contributed by atoms with E-state index in [4.69, 9.17) is 5.73 Å². The molecule has 0 bridgehead atoms. The van der Waals surface area contributed by atoms with Gasteiger partial charge in [-0.15, -0.1) is 0 Å². The summed E-state index contributed by atoms with van der Waals surface area (Å²) in [6, 6.07) is 5.81. The SMILES string of the molecule is Nc1ccc(C(=O)Nc2cc(F)c(F)c(F)c2)cc1Br. The molecule has 2 rings (SSSR count). The van der Waals surface area contributed by atoms with E-state index < -0.39 is 23.4 Å². The lowest BCUT2D eigenvalue weighted by Gasteiger charge is -2.07. The van der Waals surface area contributed by atoms with Crippen molar-refractivity contribution in [3.05, 3.63) is 57.8 Å². The van der Waals surface area contributed by atoms with Crippen LogP contribution < -0.4 is 11.1 Å². The van der Waals surface area contributed by atoms with Crippen molar-refractivity contribution in [3.63, 3.8) is 0 Å². The second kappa shape index (κ2) is 5.54. The van der Waals surface area contributed by atoms with E-state index in [0.717, 1.165) is 0 Å². The summed E-state index contributed by atoms with van der Waals surface area (Å²) in [5.74, 6) is -4.94. The molecule has 3 N–H and O–H groups in total. The lowest BCUT2D eigenvalue weighted by atomic mass is 10.2. The molecule has 0 saturated carbocycles. The maximum atomic E-state index is 13.0. The molecule has 1 amide bonds. The van der Waals surface area contributed by atoms with Crippen molar-refractivity contribution >= 4 is 33.2 Å². The topological polar surface area (TPSA) is 55.1 Å². The molecule has 0 aliphatic rings. The Hall–Kier alpha value is -2.02. The van der Waals surface area contributed by atoms with Gasteiger partial charge >= 0.3 is 0 Å². The number of nitrogens with two attached hydrogens (primary N) is 1. The monoisotopic (exact) mass is 344 g/mol. The Morgan fingerprint density at radius 1 is 1.10 bits per heavy atom. The van der Waals surface area contributed by atoms with E-state index in [9.17, 15) is 18.0 Å². The number of halogens is 4. The smallest absolute Gasteiger partial charge is 0.255 e. The van der Waals surface area contributed by atoms with E-state index in [2.05, 4.69) is 21.2 Å². The summed E-state index contributed by atoms with van der Waals surface area (Å²) in [4.78, 5) is 11.9. The second-order valence-electron chi connectivity index (χ2n) is 3.94. The first kappa shape index (κ1) is 14.4. The highest BCUT2D eigenvalue weighted by Gasteiger charge is 2.13. The number of nitrogens with one attached hydrogen (secondary N) is 1. The standard InChI is InChI=1S/C13H8BrF3N2O/c14-8-3-6(1-2-11(8)18)13(20)19-7-4-9(15)12(17)10(16)5-7/h1-5H,18H2,(H,19,20). The summed E-state index contributed by atoms with van der Waals surface area (Å²) in [7, 11) is 0. The lowest BCUT2D eigenvalue weighted by molar-refractivity contribution is 0.102. The van der Waals surface area contributed by atoms with Gasteiger partial charge in [0.1, 0.15) is 0 Å². The van der Waals surface area contributed by atoms with Crippen LogP contribution in [0.4, 0.5) is 24.5 Å². The van der Waals surface area contributed by atoms with Gasteiger partial charge < -0.3 is 11.1 Å². The molecule has 3 nitrogen and oxygen atoms in total. The maximum Gasteiger partial charge on any atom is 0.255 e. The first-order valence-electron chi connectivity index (χ1n) is 5.39. The van der Waals surface area contributed by atoms with Gasteiger partial charge in [-0.1, -0.05) is 0 Å². The number of hydrogen-bond donors (Lipinski definition) is 2. The van der Waals surface area contributed by atoms with Gasteiger partial charge in [-0.3, -0.25) is 4.79 Å². The Morgan fingerprint density at radius 3 is 2.25 bits per heavy atom. The van der Waals surface area contributed by atoms with Gasteiger partial charge in [0.15, 0.2) is 17.5 Å². The first-order chi connectivity index (χ1) is 9.38. The van der Waals surface area contributed by atoms with Crippen LogP contribution in [0.3, 0.4) is 0 Å². The average molecular weight is 345 g/mol. The minimum Gasteiger partial charge on any atom is -0.398 e. The van der Waals surface area contributed by atoms with Crippen LogP contribution in [-0.2, 0) is 0 Å². The molecule has 0 aromatic heterocycles. The molecule has 0 spiro atoms. The van der Waals surface area contributed by atoms with E-state index in [1.165, 1.54) is 18.2 Å². The van der Waals surface area contributed by atoms with Crippen molar-refractivity contribution in [3.8, 4) is 0 Å². The molecule has 0 fully saturated rings. The predicted molar refractivity (Wildman–Crippen MR) is 72.8 cm³/mol. The minimum absolute atomic E-state index is 0.181. The summed E-state index contributed by atoms with van der Waals surface area (Å²) in [5.41, 5.74) is 6.07. The Morgan fingerprint density at radius 2 is 1.70 bits per heavy atom. The van der Waals surface area contributed by atoms with Gasteiger partial charge in [-0.2, -0.15) is 0 Å². The quantitative estimate of drug-likeness (QED) is 0.644. The second-order valence-corrected chi connectivity index (χ2v) is 4.80. The third-order valence-electron chi connectivity index (χ3n) is 2.50. The lowest BCUT2D eigenvalue weighted by Crippen LogP contribution is -2.13. The molecule has 0 atom stereocenters. The molecule has 104 valence electrons. The largest absolute Gasteiger partial charge is 0.398 e. The number of amides is 1. The molecule has 2 aromatic rings. The zero-order valence-electron chi connectivity index (χ0n) is 9.88. The van der Waals surface area contributed by atoms with Crippen LogP contribution in [0.1, 0.15) is 10.4 Å². The fraction of sp³-hybridized carbons (Fsp3) is 0. The fourth-order valence-electron chi connectivity index (χ4n) is 1.50. The van der Waals surface area contributed by atoms with Gasteiger partial charge in [0.25, 0.3) is 5.91 Å². The Balaban J connectivity index is 2.25. The highest BCUT2D eigenvalue weighted by molar-refractivity contribution is 9.10. The summed E-state index contributed by atoms with van der Waals surface area (Å²) >= 11 is 3.16. The van der Waals surface area contributed by atoms with Crippen LogP contribution >= 0.6 is 15.9 Å². The molecule has 0 unspecified atom stereocenters. The van der Waals surface area contributed by atoms with Gasteiger partial charge in [-0.05, 0) is 34.1 Å². The molecular formula is C13H8BrF3N2O. The zero-order valence-corrected chi connectivity index (χ0v) is 11.5. The number of carbonyl (C=O) groups excluding carboxylic acids is 1. The Kier molecular flexibility index (Phi) is 3.99. The average Bonchev–Trinajstić information content (AvgIpc) is 2.39. The van der Waals surface area contributed by atoms with Crippen molar-refractivity contribution < 1.29 is 18.0 Å². The zero-order chi connectivity index (χ0) is 14.9. The molecule has 0 heterocycles. The van der Waals surface area contributed by atoms with Crippen molar-refractivity contribution in [2.24, 2.45) is 0 Å². The van der Waals surface area contributed by atoms with Crippen LogP contribution in [0.25, 0.3) is 0 Å². The first-order valence-corrected chi connectivity index (χ1v) is 6.18. The van der Waals surface area contributed by atoms with E-state index >= 15 is 0 Å². The summed E-state index contributed by atoms with van der Waals surface area (Å²) in [6.07, 6.45) is 0. The normalized spacial score (nSPS) is 10.4.